The van der Waals surface area contributed by atoms with E-state index in [-0.39, 0.29) is 5.91 Å². The first kappa shape index (κ1) is 15.7. The number of methoxy groups -OCH3 is 1. The highest BCUT2D eigenvalue weighted by molar-refractivity contribution is 7.12. The predicted octanol–water partition coefficient (Wildman–Crippen LogP) is 1.90. The molecule has 1 fully saturated rings. The molecule has 0 radical (unpaired) electrons. The zero-order valence-electron chi connectivity index (χ0n) is 13.3. The number of ether oxygens (including phenoxy) is 1. The van der Waals surface area contributed by atoms with Gasteiger partial charge in [0.05, 0.1) is 30.3 Å². The summed E-state index contributed by atoms with van der Waals surface area (Å²) in [7, 11) is 1.26. The third-order valence-electron chi connectivity index (χ3n) is 4.49. The third-order valence-corrected chi connectivity index (χ3v) is 5.39. The van der Waals surface area contributed by atoms with E-state index in [1.165, 1.54) is 18.4 Å². The summed E-state index contributed by atoms with van der Waals surface area (Å²) >= 11 is 1.43. The molecule has 25 heavy (non-hydrogen) atoms. The summed E-state index contributed by atoms with van der Waals surface area (Å²) in [5, 5.41) is 1.87. The fraction of sp³-hybridized carbons (Fsp3) is 0.222. The van der Waals surface area contributed by atoms with E-state index in [0.29, 0.717) is 11.4 Å². The Kier molecular flexibility index (Phi) is 3.73. The number of para-hydroxylation sites is 1. The Hall–Kier alpha value is -2.80. The van der Waals surface area contributed by atoms with Gasteiger partial charge in [0.25, 0.3) is 0 Å². The minimum Gasteiger partial charge on any atom is -0.467 e. The Bertz CT molecular complexity index is 876. The van der Waals surface area contributed by atoms with Crippen LogP contribution in [0.1, 0.15) is 4.88 Å². The van der Waals surface area contributed by atoms with Crippen LogP contribution in [0.3, 0.4) is 0 Å². The number of amides is 2. The number of fused-ring (bicyclic) bond motifs is 1. The molecule has 1 aromatic heterocycles. The summed E-state index contributed by atoms with van der Waals surface area (Å²) in [6.45, 7) is 0. The van der Waals surface area contributed by atoms with Crippen LogP contribution in [0.25, 0.3) is 0 Å². The first-order chi connectivity index (χ1) is 12.1. The van der Waals surface area contributed by atoms with Crippen molar-refractivity contribution in [3.63, 3.8) is 0 Å². The lowest BCUT2D eigenvalue weighted by molar-refractivity contribution is -0.145. The Balaban J connectivity index is 1.81. The van der Waals surface area contributed by atoms with Gasteiger partial charge in [0.2, 0.25) is 11.8 Å². The maximum atomic E-state index is 13.0. The number of thiophene rings is 1. The summed E-state index contributed by atoms with van der Waals surface area (Å²) < 4.78 is 4.81. The molecule has 0 bridgehead atoms. The molecule has 7 heteroatoms. The van der Waals surface area contributed by atoms with Gasteiger partial charge in [-0.3, -0.25) is 14.6 Å². The molecule has 126 valence electrons. The van der Waals surface area contributed by atoms with Crippen LogP contribution in [0.2, 0.25) is 0 Å². The normalized spacial score (nSPS) is 25.1. The second kappa shape index (κ2) is 5.93. The fourth-order valence-corrected chi connectivity index (χ4v) is 4.16. The Morgan fingerprint density at radius 1 is 1.12 bits per heavy atom. The van der Waals surface area contributed by atoms with Gasteiger partial charge >= 0.3 is 5.97 Å². The maximum Gasteiger partial charge on any atom is 0.331 e. The molecular weight excluding hydrogens is 340 g/mol. The van der Waals surface area contributed by atoms with E-state index >= 15 is 0 Å². The molecule has 6 nitrogen and oxygen atoms in total. The second-order valence-corrected chi connectivity index (χ2v) is 6.76. The van der Waals surface area contributed by atoms with Gasteiger partial charge in [-0.1, -0.05) is 24.3 Å². The van der Waals surface area contributed by atoms with E-state index in [9.17, 15) is 14.4 Å². The first-order valence-corrected chi connectivity index (χ1v) is 8.63. The lowest BCUT2D eigenvalue weighted by Crippen LogP contribution is -2.36. The highest BCUT2D eigenvalue weighted by atomic mass is 32.1. The second-order valence-electron chi connectivity index (χ2n) is 5.81. The van der Waals surface area contributed by atoms with Crippen LogP contribution in [-0.2, 0) is 19.1 Å². The van der Waals surface area contributed by atoms with E-state index < -0.39 is 29.8 Å². The molecule has 2 aromatic rings. The number of rotatable bonds is 3. The fourth-order valence-electron chi connectivity index (χ4n) is 3.40. The number of anilines is 1. The predicted molar refractivity (Wildman–Crippen MR) is 92.6 cm³/mol. The monoisotopic (exact) mass is 354 g/mol. The van der Waals surface area contributed by atoms with Gasteiger partial charge < -0.3 is 4.74 Å². The zero-order chi connectivity index (χ0) is 17.6. The molecule has 2 aliphatic rings. The van der Waals surface area contributed by atoms with Crippen LogP contribution in [0.15, 0.2) is 52.8 Å². The van der Waals surface area contributed by atoms with Crippen molar-refractivity contribution in [1.82, 2.24) is 0 Å². The van der Waals surface area contributed by atoms with Crippen LogP contribution >= 0.6 is 11.3 Å². The van der Waals surface area contributed by atoms with Crippen molar-refractivity contribution in [1.29, 1.82) is 0 Å². The summed E-state index contributed by atoms with van der Waals surface area (Å²) in [4.78, 5) is 44.5. The number of imide groups is 1. The van der Waals surface area contributed by atoms with Crippen LogP contribution in [0.4, 0.5) is 5.69 Å². The first-order valence-electron chi connectivity index (χ1n) is 7.75. The number of nitrogens with zero attached hydrogens (tertiary/aromatic N) is 2. The molecule has 4 rings (SSSR count). The minimum atomic E-state index is -0.989. The molecule has 2 amide bonds. The molecule has 0 N–H and O–H groups in total. The average molecular weight is 354 g/mol. The van der Waals surface area contributed by atoms with Crippen LogP contribution < -0.4 is 4.90 Å². The number of esters is 1. The highest BCUT2D eigenvalue weighted by Gasteiger charge is 2.59. The van der Waals surface area contributed by atoms with Gasteiger partial charge in [0.15, 0.2) is 6.04 Å². The van der Waals surface area contributed by atoms with Crippen molar-refractivity contribution in [3.8, 4) is 0 Å². The topological polar surface area (TPSA) is 76.0 Å². The van der Waals surface area contributed by atoms with E-state index in [1.807, 2.05) is 23.6 Å². The minimum absolute atomic E-state index is 0.347. The Labute approximate surface area is 147 Å². The number of benzene rings is 1. The van der Waals surface area contributed by atoms with Crippen molar-refractivity contribution in [2.24, 2.45) is 16.8 Å². The van der Waals surface area contributed by atoms with Gasteiger partial charge in [0.1, 0.15) is 0 Å². The number of carbonyl (C=O) groups excluding carboxylic acids is 3. The van der Waals surface area contributed by atoms with Gasteiger partial charge in [-0.2, -0.15) is 0 Å². The highest BCUT2D eigenvalue weighted by Crippen LogP contribution is 2.41. The molecule has 0 spiro atoms. The molecule has 0 saturated carbocycles. The quantitative estimate of drug-likeness (QED) is 0.623. The van der Waals surface area contributed by atoms with Crippen molar-refractivity contribution in [3.05, 3.63) is 52.7 Å². The molecule has 0 unspecified atom stereocenters. The smallest absolute Gasteiger partial charge is 0.331 e. The van der Waals surface area contributed by atoms with Crippen molar-refractivity contribution in [2.75, 3.05) is 12.0 Å². The van der Waals surface area contributed by atoms with Crippen LogP contribution in [0, 0.1) is 11.8 Å². The average Bonchev–Trinajstić information content (AvgIpc) is 3.33. The van der Waals surface area contributed by atoms with E-state index in [0.717, 1.165) is 9.78 Å². The lowest BCUT2D eigenvalue weighted by atomic mass is 9.88. The molecule has 3 atom stereocenters. The van der Waals surface area contributed by atoms with Gasteiger partial charge in [0, 0.05) is 4.88 Å². The van der Waals surface area contributed by atoms with Crippen molar-refractivity contribution in [2.45, 2.75) is 6.04 Å². The maximum absolute atomic E-state index is 13.0. The number of aliphatic imine (C=N–C) groups is 1. The summed E-state index contributed by atoms with van der Waals surface area (Å²) in [5.41, 5.74) is 0.994. The van der Waals surface area contributed by atoms with Crippen molar-refractivity contribution < 1.29 is 19.1 Å². The standard InChI is InChI=1S/C18H14N2O4S/c1-24-18(23)15-13-12(14(19-15)11-8-5-9-25-11)16(21)20(17(13)22)10-6-3-2-4-7-10/h2-9,12-13,15H,1H3/t12-,13+,15+/m0/s1. The molecule has 1 aromatic carbocycles. The van der Waals surface area contributed by atoms with E-state index in [2.05, 4.69) is 4.99 Å². The van der Waals surface area contributed by atoms with E-state index in [4.69, 9.17) is 4.74 Å². The molecular formula is C18H14N2O4S. The SMILES string of the molecule is COC(=O)[C@@H]1N=C(c2cccs2)[C@H]2C(=O)N(c3ccccc3)C(=O)[C@H]21. The molecule has 0 aliphatic carbocycles. The number of hydrogen-bond donors (Lipinski definition) is 0. The molecule has 2 aliphatic heterocycles. The van der Waals surface area contributed by atoms with Gasteiger partial charge in [-0.05, 0) is 23.6 Å². The Morgan fingerprint density at radius 2 is 1.88 bits per heavy atom. The number of carbonyl (C=O) groups is 3. The van der Waals surface area contributed by atoms with Crippen LogP contribution in [0.5, 0.6) is 0 Å². The van der Waals surface area contributed by atoms with Gasteiger partial charge in [-0.15, -0.1) is 11.3 Å². The van der Waals surface area contributed by atoms with Crippen molar-refractivity contribution >= 4 is 40.5 Å². The third kappa shape index (κ3) is 2.31. The summed E-state index contributed by atoms with van der Waals surface area (Å²) in [5.74, 6) is -2.96. The number of hydrogen-bond acceptors (Lipinski definition) is 6. The molecule has 1 saturated heterocycles. The largest absolute Gasteiger partial charge is 0.467 e. The lowest BCUT2D eigenvalue weighted by Gasteiger charge is -2.17. The Morgan fingerprint density at radius 3 is 2.52 bits per heavy atom. The van der Waals surface area contributed by atoms with Gasteiger partial charge in [-0.25, -0.2) is 9.69 Å². The zero-order valence-corrected chi connectivity index (χ0v) is 14.1. The summed E-state index contributed by atoms with van der Waals surface area (Å²) in [6, 6.07) is 11.4. The summed E-state index contributed by atoms with van der Waals surface area (Å²) in [6.07, 6.45) is 0. The van der Waals surface area contributed by atoms with E-state index in [1.54, 1.807) is 24.3 Å². The molecule has 3 heterocycles. The van der Waals surface area contributed by atoms with Crippen LogP contribution in [-0.4, -0.2) is 36.6 Å².